The molecule has 0 aliphatic carbocycles. The zero-order valence-electron chi connectivity index (χ0n) is 16.9. The molecule has 3 rings (SSSR count). The molecular formula is C22H25BrFN3O3. The molecule has 1 aliphatic rings. The quantitative estimate of drug-likeness (QED) is 0.665. The maximum absolute atomic E-state index is 13.3. The largest absolute Gasteiger partial charge is 0.496 e. The number of carbonyl (C=O) groups excluding carboxylic acids is 2. The monoisotopic (exact) mass is 477 g/mol. The summed E-state index contributed by atoms with van der Waals surface area (Å²) in [5.74, 6) is -0.0107. The molecule has 0 saturated carbocycles. The highest BCUT2D eigenvalue weighted by molar-refractivity contribution is 9.10. The number of hydrogen-bond donors (Lipinski definition) is 1. The summed E-state index contributed by atoms with van der Waals surface area (Å²) in [5, 5.41) is 2.68. The molecule has 6 nitrogen and oxygen atoms in total. The van der Waals surface area contributed by atoms with Crippen molar-refractivity contribution >= 4 is 27.7 Å². The van der Waals surface area contributed by atoms with E-state index in [9.17, 15) is 14.0 Å². The second kappa shape index (κ2) is 10.5. The molecule has 1 aliphatic heterocycles. The topological polar surface area (TPSA) is 61.9 Å². The van der Waals surface area contributed by atoms with Crippen molar-refractivity contribution in [1.29, 1.82) is 0 Å². The molecule has 0 atom stereocenters. The third-order valence-corrected chi connectivity index (χ3v) is 5.80. The Morgan fingerprint density at radius 1 is 1.13 bits per heavy atom. The van der Waals surface area contributed by atoms with Gasteiger partial charge in [0.2, 0.25) is 5.91 Å². The molecule has 2 amide bonds. The van der Waals surface area contributed by atoms with E-state index >= 15 is 0 Å². The third kappa shape index (κ3) is 5.79. The van der Waals surface area contributed by atoms with Crippen LogP contribution in [0.2, 0.25) is 0 Å². The van der Waals surface area contributed by atoms with E-state index in [2.05, 4.69) is 32.2 Å². The van der Waals surface area contributed by atoms with Crippen LogP contribution in [0.3, 0.4) is 0 Å². The Balaban J connectivity index is 1.42. The summed E-state index contributed by atoms with van der Waals surface area (Å²) in [6, 6.07) is 11.9. The maximum atomic E-state index is 13.3. The molecule has 1 N–H and O–H groups in total. The second-order valence-electron chi connectivity index (χ2n) is 7.10. The highest BCUT2D eigenvalue weighted by Crippen LogP contribution is 2.20. The van der Waals surface area contributed by atoms with Crippen LogP contribution >= 0.6 is 15.9 Å². The number of benzene rings is 2. The van der Waals surface area contributed by atoms with Gasteiger partial charge in [-0.15, -0.1) is 0 Å². The highest BCUT2D eigenvalue weighted by Gasteiger charge is 2.22. The van der Waals surface area contributed by atoms with Crippen molar-refractivity contribution in [2.24, 2.45) is 0 Å². The fourth-order valence-corrected chi connectivity index (χ4v) is 3.86. The van der Waals surface area contributed by atoms with Gasteiger partial charge in [0, 0.05) is 55.7 Å². The Labute approximate surface area is 184 Å². The van der Waals surface area contributed by atoms with E-state index in [0.29, 0.717) is 17.6 Å². The fourth-order valence-electron chi connectivity index (χ4n) is 3.44. The van der Waals surface area contributed by atoms with Gasteiger partial charge >= 0.3 is 0 Å². The normalized spacial score (nSPS) is 14.4. The van der Waals surface area contributed by atoms with Crippen LogP contribution in [0.5, 0.6) is 5.75 Å². The van der Waals surface area contributed by atoms with Crippen molar-refractivity contribution in [2.75, 3.05) is 39.8 Å². The average Bonchev–Trinajstić information content (AvgIpc) is 2.76. The van der Waals surface area contributed by atoms with Crippen LogP contribution in [0.1, 0.15) is 22.3 Å². The molecule has 8 heteroatoms. The maximum Gasteiger partial charge on any atom is 0.252 e. The Bertz CT molecular complexity index is 901. The van der Waals surface area contributed by atoms with E-state index in [-0.39, 0.29) is 24.4 Å². The Morgan fingerprint density at radius 3 is 2.60 bits per heavy atom. The van der Waals surface area contributed by atoms with Gasteiger partial charge in [0.15, 0.2) is 0 Å². The molecule has 160 valence electrons. The van der Waals surface area contributed by atoms with E-state index in [4.69, 9.17) is 4.74 Å². The highest BCUT2D eigenvalue weighted by atomic mass is 79.9. The Hall–Kier alpha value is -2.45. The average molecular weight is 478 g/mol. The predicted octanol–water partition coefficient (Wildman–Crippen LogP) is 3.06. The molecular weight excluding hydrogens is 453 g/mol. The van der Waals surface area contributed by atoms with Crippen molar-refractivity contribution in [3.05, 3.63) is 63.9 Å². The van der Waals surface area contributed by atoms with Gasteiger partial charge in [0.05, 0.1) is 12.7 Å². The zero-order chi connectivity index (χ0) is 21.5. The number of nitrogens with zero attached hydrogens (tertiary/aromatic N) is 2. The summed E-state index contributed by atoms with van der Waals surface area (Å²) >= 11 is 3.24. The number of para-hydroxylation sites is 1. The summed E-state index contributed by atoms with van der Waals surface area (Å²) in [6.07, 6.45) is 0.213. The van der Waals surface area contributed by atoms with E-state index in [1.807, 2.05) is 23.1 Å². The Morgan fingerprint density at radius 2 is 1.87 bits per heavy atom. The minimum absolute atomic E-state index is 0.00514. The number of rotatable bonds is 7. The SMILES string of the molecule is COc1ccccc1CN1CCN(C(=O)CCNC(=O)c2cc(F)ccc2Br)CC1. The number of amides is 2. The van der Waals surface area contributed by atoms with Gasteiger partial charge < -0.3 is 15.0 Å². The summed E-state index contributed by atoms with van der Waals surface area (Å²) < 4.78 is 19.3. The Kier molecular flexibility index (Phi) is 7.81. The minimum Gasteiger partial charge on any atom is -0.496 e. The van der Waals surface area contributed by atoms with Gasteiger partial charge in [-0.2, -0.15) is 0 Å². The first kappa shape index (κ1) is 22.2. The van der Waals surface area contributed by atoms with Crippen molar-refractivity contribution in [3.63, 3.8) is 0 Å². The summed E-state index contributed by atoms with van der Waals surface area (Å²) in [6.45, 7) is 3.86. The number of methoxy groups -OCH3 is 1. The van der Waals surface area contributed by atoms with E-state index in [1.165, 1.54) is 18.2 Å². The number of halogens is 2. The number of carbonyl (C=O) groups is 2. The second-order valence-corrected chi connectivity index (χ2v) is 7.95. The van der Waals surface area contributed by atoms with Gasteiger partial charge in [0.1, 0.15) is 11.6 Å². The first-order chi connectivity index (χ1) is 14.5. The van der Waals surface area contributed by atoms with Crippen LogP contribution in [0.15, 0.2) is 46.9 Å². The molecule has 30 heavy (non-hydrogen) atoms. The van der Waals surface area contributed by atoms with E-state index < -0.39 is 11.7 Å². The fraction of sp³-hybridized carbons (Fsp3) is 0.364. The molecule has 2 aromatic carbocycles. The lowest BCUT2D eigenvalue weighted by Gasteiger charge is -2.35. The molecule has 1 fully saturated rings. The predicted molar refractivity (Wildman–Crippen MR) is 116 cm³/mol. The van der Waals surface area contributed by atoms with Gasteiger partial charge in [0.25, 0.3) is 5.91 Å². The lowest BCUT2D eigenvalue weighted by molar-refractivity contribution is -0.132. The molecule has 0 spiro atoms. The number of ether oxygens (including phenoxy) is 1. The molecule has 2 aromatic rings. The van der Waals surface area contributed by atoms with Crippen molar-refractivity contribution in [2.45, 2.75) is 13.0 Å². The zero-order valence-corrected chi connectivity index (χ0v) is 18.5. The number of nitrogens with one attached hydrogen (secondary N) is 1. The first-order valence-corrected chi connectivity index (χ1v) is 10.6. The molecule has 1 saturated heterocycles. The van der Waals surface area contributed by atoms with E-state index in [0.717, 1.165) is 30.9 Å². The molecule has 0 bridgehead atoms. The number of piperazine rings is 1. The number of hydrogen-bond acceptors (Lipinski definition) is 4. The molecule has 0 radical (unpaired) electrons. The van der Waals surface area contributed by atoms with Crippen LogP contribution in [-0.4, -0.2) is 61.4 Å². The van der Waals surface area contributed by atoms with E-state index in [1.54, 1.807) is 7.11 Å². The smallest absolute Gasteiger partial charge is 0.252 e. The van der Waals surface area contributed by atoms with Crippen molar-refractivity contribution < 1.29 is 18.7 Å². The van der Waals surface area contributed by atoms with Crippen LogP contribution in [0, 0.1) is 5.82 Å². The molecule has 0 aromatic heterocycles. The summed E-state index contributed by atoms with van der Waals surface area (Å²) in [7, 11) is 1.67. The van der Waals surface area contributed by atoms with Crippen LogP contribution < -0.4 is 10.1 Å². The summed E-state index contributed by atoms with van der Waals surface area (Å²) in [5.41, 5.74) is 1.35. The van der Waals surface area contributed by atoms with Crippen molar-refractivity contribution in [1.82, 2.24) is 15.1 Å². The lowest BCUT2D eigenvalue weighted by atomic mass is 10.1. The first-order valence-electron chi connectivity index (χ1n) is 9.83. The van der Waals surface area contributed by atoms with Crippen LogP contribution in [0.4, 0.5) is 4.39 Å². The third-order valence-electron chi connectivity index (χ3n) is 5.11. The minimum atomic E-state index is -0.481. The van der Waals surface area contributed by atoms with Gasteiger partial charge in [-0.05, 0) is 40.2 Å². The van der Waals surface area contributed by atoms with Crippen LogP contribution in [0.25, 0.3) is 0 Å². The lowest BCUT2D eigenvalue weighted by Crippen LogP contribution is -2.48. The van der Waals surface area contributed by atoms with Crippen LogP contribution in [-0.2, 0) is 11.3 Å². The molecule has 1 heterocycles. The van der Waals surface area contributed by atoms with Gasteiger partial charge in [-0.1, -0.05) is 18.2 Å². The van der Waals surface area contributed by atoms with Gasteiger partial charge in [-0.3, -0.25) is 14.5 Å². The summed E-state index contributed by atoms with van der Waals surface area (Å²) in [4.78, 5) is 28.8. The van der Waals surface area contributed by atoms with Crippen molar-refractivity contribution in [3.8, 4) is 5.75 Å². The standard InChI is InChI=1S/C22H25BrFN3O3/c1-30-20-5-3-2-4-16(20)15-26-10-12-27(13-11-26)21(28)8-9-25-22(29)18-14-17(24)6-7-19(18)23/h2-7,14H,8-13,15H2,1H3,(H,25,29). The van der Waals surface area contributed by atoms with Gasteiger partial charge in [-0.25, -0.2) is 4.39 Å². The molecule has 0 unspecified atom stereocenters.